The van der Waals surface area contributed by atoms with E-state index in [0.29, 0.717) is 22.3 Å². The van der Waals surface area contributed by atoms with Gasteiger partial charge in [-0.25, -0.2) is 0 Å². The first-order valence-corrected chi connectivity index (χ1v) is 7.39. The third-order valence-corrected chi connectivity index (χ3v) is 3.71. The van der Waals surface area contributed by atoms with E-state index in [1.807, 2.05) is 0 Å². The summed E-state index contributed by atoms with van der Waals surface area (Å²) in [6.45, 7) is 3.19. The van der Waals surface area contributed by atoms with Crippen molar-refractivity contribution >= 4 is 34.2 Å². The van der Waals surface area contributed by atoms with E-state index in [0.717, 1.165) is 11.8 Å². The van der Waals surface area contributed by atoms with Gasteiger partial charge in [0.05, 0.1) is 33.1 Å². The molecule has 0 amide bonds. The van der Waals surface area contributed by atoms with Crippen LogP contribution in [0.25, 0.3) is 0 Å². The molecule has 0 atom stereocenters. The molecule has 122 valence electrons. The van der Waals surface area contributed by atoms with Crippen molar-refractivity contribution in [3.8, 4) is 11.5 Å². The predicted molar refractivity (Wildman–Crippen MR) is 84.6 cm³/mol. The highest BCUT2D eigenvalue weighted by Crippen LogP contribution is 2.38. The van der Waals surface area contributed by atoms with E-state index in [1.165, 1.54) is 12.1 Å². The monoisotopic (exact) mass is 339 g/mol. The van der Waals surface area contributed by atoms with Crippen molar-refractivity contribution in [2.75, 3.05) is 12.5 Å². The van der Waals surface area contributed by atoms with Crippen LogP contribution < -0.4 is 9.47 Å². The van der Waals surface area contributed by atoms with Crippen molar-refractivity contribution in [1.82, 2.24) is 0 Å². The number of nitro benzene ring substituents is 1. The molecule has 0 spiro atoms. The zero-order valence-electron chi connectivity index (χ0n) is 12.3. The average molecular weight is 339 g/mol. The smallest absolute Gasteiger partial charge is 0.313 e. The Morgan fingerprint density at radius 2 is 2.00 bits per heavy atom. The van der Waals surface area contributed by atoms with E-state index in [-0.39, 0.29) is 23.8 Å². The van der Waals surface area contributed by atoms with Crippen LogP contribution >= 0.6 is 11.8 Å². The lowest BCUT2D eigenvalue weighted by atomic mass is 10.1. The van der Waals surface area contributed by atoms with E-state index >= 15 is 0 Å². The zero-order chi connectivity index (χ0) is 17.0. The van der Waals surface area contributed by atoms with Gasteiger partial charge in [-0.05, 0) is 13.8 Å². The van der Waals surface area contributed by atoms with E-state index in [1.54, 1.807) is 13.8 Å². The summed E-state index contributed by atoms with van der Waals surface area (Å²) < 4.78 is 10.3. The number of carboxylic acids is 1. The Morgan fingerprint density at radius 1 is 1.35 bits per heavy atom. The van der Waals surface area contributed by atoms with E-state index < -0.39 is 10.9 Å². The van der Waals surface area contributed by atoms with Gasteiger partial charge in [0.2, 0.25) is 6.79 Å². The average Bonchev–Trinajstić information content (AvgIpc) is 2.96. The third-order valence-electron chi connectivity index (χ3n) is 2.82. The quantitative estimate of drug-likeness (QED) is 0.378. The molecule has 0 unspecified atom stereocenters. The molecular weight excluding hydrogens is 326 g/mol. The zero-order valence-corrected chi connectivity index (χ0v) is 13.1. The summed E-state index contributed by atoms with van der Waals surface area (Å²) in [5.74, 6) is -0.378. The molecule has 2 rings (SSSR count). The molecule has 0 fully saturated rings. The molecule has 10 heteroatoms. The Bertz CT molecular complexity index is 716. The van der Waals surface area contributed by atoms with Gasteiger partial charge in [-0.1, -0.05) is 11.8 Å². The van der Waals surface area contributed by atoms with Crippen molar-refractivity contribution in [2.45, 2.75) is 13.8 Å². The van der Waals surface area contributed by atoms with Crippen LogP contribution in [0.3, 0.4) is 0 Å². The molecule has 9 nitrogen and oxygen atoms in total. The molecule has 0 bridgehead atoms. The number of ether oxygens (including phenoxy) is 2. The highest BCUT2D eigenvalue weighted by atomic mass is 32.2. The normalized spacial score (nSPS) is 14.0. The number of fused-ring (bicyclic) bond motifs is 1. The van der Waals surface area contributed by atoms with Crippen LogP contribution in [-0.4, -0.2) is 39.3 Å². The lowest BCUT2D eigenvalue weighted by Crippen LogP contribution is -2.02. The fourth-order valence-corrected chi connectivity index (χ4v) is 2.20. The van der Waals surface area contributed by atoms with Crippen molar-refractivity contribution in [3.63, 3.8) is 0 Å². The third kappa shape index (κ3) is 4.19. The molecule has 1 aliphatic rings. The second kappa shape index (κ2) is 7.09. The highest BCUT2D eigenvalue weighted by Gasteiger charge is 2.24. The Hall–Kier alpha value is -2.62. The molecular formula is C13H13N3O6S. The summed E-state index contributed by atoms with van der Waals surface area (Å²) in [6.07, 6.45) is 0. The number of nitro groups is 1. The summed E-state index contributed by atoms with van der Waals surface area (Å²) in [6, 6.07) is 2.76. The van der Waals surface area contributed by atoms with Crippen LogP contribution in [-0.2, 0) is 4.79 Å². The first-order chi connectivity index (χ1) is 10.9. The van der Waals surface area contributed by atoms with Crippen molar-refractivity contribution < 1.29 is 24.3 Å². The molecule has 0 aliphatic carbocycles. The number of benzene rings is 1. The van der Waals surface area contributed by atoms with Gasteiger partial charge in [-0.15, -0.1) is 5.10 Å². The van der Waals surface area contributed by atoms with Gasteiger partial charge in [0.25, 0.3) is 5.69 Å². The molecule has 23 heavy (non-hydrogen) atoms. The molecule has 0 radical (unpaired) electrons. The lowest BCUT2D eigenvalue weighted by Gasteiger charge is -2.04. The van der Waals surface area contributed by atoms with Crippen molar-refractivity contribution in [1.29, 1.82) is 0 Å². The standard InChI is InChI=1S/C13H13N3O6S/c1-7(14-15-8(2)23-5-13(17)18)9-3-11-12(22-6-21-11)4-10(9)16(19)20/h3-4H,5-6H2,1-2H3,(H,17,18)/b14-7+,15-8+. The van der Waals surface area contributed by atoms with Gasteiger partial charge in [0.15, 0.2) is 11.5 Å². The first-order valence-electron chi connectivity index (χ1n) is 6.40. The fraction of sp³-hybridized carbons (Fsp3) is 0.308. The predicted octanol–water partition coefficient (Wildman–Crippen LogP) is 2.28. The Morgan fingerprint density at radius 3 is 2.61 bits per heavy atom. The number of carbonyl (C=O) groups is 1. The Kier molecular flexibility index (Phi) is 5.16. The summed E-state index contributed by atoms with van der Waals surface area (Å²) in [4.78, 5) is 21.1. The molecule has 0 saturated carbocycles. The maximum absolute atomic E-state index is 11.2. The van der Waals surface area contributed by atoms with Crippen LogP contribution in [0.5, 0.6) is 11.5 Å². The molecule has 1 aromatic rings. The number of nitrogens with zero attached hydrogens (tertiary/aromatic N) is 3. The molecule has 1 aliphatic heterocycles. The highest BCUT2D eigenvalue weighted by molar-refractivity contribution is 8.14. The number of thioether (sulfide) groups is 1. The Balaban J connectivity index is 2.29. The minimum absolute atomic E-state index is 0.00915. The minimum Gasteiger partial charge on any atom is -0.481 e. The second-order valence-electron chi connectivity index (χ2n) is 4.47. The molecule has 1 N–H and O–H groups in total. The summed E-state index contributed by atoms with van der Waals surface area (Å²) >= 11 is 1.02. The van der Waals surface area contributed by atoms with Crippen LogP contribution in [0.15, 0.2) is 22.3 Å². The van der Waals surface area contributed by atoms with E-state index in [9.17, 15) is 14.9 Å². The van der Waals surface area contributed by atoms with Crippen LogP contribution in [0.4, 0.5) is 5.69 Å². The molecule has 0 saturated heterocycles. The van der Waals surface area contributed by atoms with Gasteiger partial charge in [-0.3, -0.25) is 14.9 Å². The molecule has 0 aromatic heterocycles. The number of aliphatic carboxylic acids is 1. The van der Waals surface area contributed by atoms with Crippen LogP contribution in [0.1, 0.15) is 19.4 Å². The van der Waals surface area contributed by atoms with Gasteiger partial charge in [-0.2, -0.15) is 5.10 Å². The van der Waals surface area contributed by atoms with Gasteiger partial charge in [0, 0.05) is 6.07 Å². The summed E-state index contributed by atoms with van der Waals surface area (Å²) in [7, 11) is 0. The van der Waals surface area contributed by atoms with Crippen molar-refractivity contribution in [3.05, 3.63) is 27.8 Å². The van der Waals surface area contributed by atoms with Gasteiger partial charge < -0.3 is 14.6 Å². The lowest BCUT2D eigenvalue weighted by molar-refractivity contribution is -0.385. The maximum Gasteiger partial charge on any atom is 0.313 e. The maximum atomic E-state index is 11.2. The van der Waals surface area contributed by atoms with Crippen molar-refractivity contribution in [2.24, 2.45) is 10.2 Å². The molecule has 1 heterocycles. The van der Waals surface area contributed by atoms with E-state index in [4.69, 9.17) is 14.6 Å². The largest absolute Gasteiger partial charge is 0.481 e. The summed E-state index contributed by atoms with van der Waals surface area (Å²) in [5.41, 5.74) is 0.408. The minimum atomic E-state index is -0.961. The second-order valence-corrected chi connectivity index (χ2v) is 5.63. The van der Waals surface area contributed by atoms with Gasteiger partial charge in [0.1, 0.15) is 0 Å². The fourth-order valence-electron chi connectivity index (χ4n) is 1.77. The number of carboxylic acid groups (broad SMARTS) is 1. The topological polar surface area (TPSA) is 124 Å². The number of rotatable bonds is 5. The molecule has 1 aromatic carbocycles. The van der Waals surface area contributed by atoms with Crippen LogP contribution in [0, 0.1) is 10.1 Å². The summed E-state index contributed by atoms with van der Waals surface area (Å²) in [5, 5.41) is 28.0. The first kappa shape index (κ1) is 16.7. The number of hydrogen-bond donors (Lipinski definition) is 1. The SMILES string of the molecule is C/C(=N\N=C(/C)c1cc2c(cc1[N+](=O)[O-])OCO2)SCC(=O)O. The Labute approximate surface area is 135 Å². The van der Waals surface area contributed by atoms with Gasteiger partial charge >= 0.3 is 5.97 Å². The van der Waals surface area contributed by atoms with Crippen LogP contribution in [0.2, 0.25) is 0 Å². The van der Waals surface area contributed by atoms with E-state index in [2.05, 4.69) is 10.2 Å². The number of hydrogen-bond acceptors (Lipinski definition) is 8.